The Labute approximate surface area is 143 Å². The predicted molar refractivity (Wildman–Crippen MR) is 95.3 cm³/mol. The van der Waals surface area contributed by atoms with Crippen molar-refractivity contribution in [2.24, 2.45) is 0 Å². The lowest BCUT2D eigenvalue weighted by molar-refractivity contribution is -0.121. The summed E-state index contributed by atoms with van der Waals surface area (Å²) in [5, 5.41) is 2.96. The van der Waals surface area contributed by atoms with Gasteiger partial charge in [0.25, 0.3) is 0 Å². The lowest BCUT2D eigenvalue weighted by Crippen LogP contribution is -2.34. The SMILES string of the molecule is Cc1cccc(CCC(=O)NCC(c2cccc(F)c2)N(C)C)c1. The molecular weight excluding hydrogens is 303 g/mol. The molecule has 128 valence electrons. The van der Waals surface area contributed by atoms with Crippen LogP contribution < -0.4 is 5.32 Å². The normalized spacial score (nSPS) is 12.2. The van der Waals surface area contributed by atoms with Gasteiger partial charge in [-0.05, 0) is 50.7 Å². The van der Waals surface area contributed by atoms with E-state index in [1.807, 2.05) is 50.2 Å². The van der Waals surface area contributed by atoms with Crippen LogP contribution in [0.1, 0.15) is 29.2 Å². The minimum Gasteiger partial charge on any atom is -0.354 e. The van der Waals surface area contributed by atoms with Crippen LogP contribution in [0.3, 0.4) is 0 Å². The number of hydrogen-bond acceptors (Lipinski definition) is 2. The summed E-state index contributed by atoms with van der Waals surface area (Å²) >= 11 is 0. The van der Waals surface area contributed by atoms with Gasteiger partial charge in [0.15, 0.2) is 0 Å². The van der Waals surface area contributed by atoms with E-state index in [4.69, 9.17) is 0 Å². The molecule has 1 N–H and O–H groups in total. The van der Waals surface area contributed by atoms with Gasteiger partial charge < -0.3 is 10.2 Å². The molecule has 0 radical (unpaired) electrons. The van der Waals surface area contributed by atoms with E-state index in [0.717, 1.165) is 12.0 Å². The van der Waals surface area contributed by atoms with Crippen molar-refractivity contribution in [3.05, 3.63) is 71.0 Å². The molecule has 0 aliphatic carbocycles. The van der Waals surface area contributed by atoms with Gasteiger partial charge in [0, 0.05) is 13.0 Å². The van der Waals surface area contributed by atoms with Crippen LogP contribution >= 0.6 is 0 Å². The fraction of sp³-hybridized carbons (Fsp3) is 0.350. The summed E-state index contributed by atoms with van der Waals surface area (Å²) in [6.45, 7) is 2.51. The lowest BCUT2D eigenvalue weighted by Gasteiger charge is -2.25. The van der Waals surface area contributed by atoms with Crippen molar-refractivity contribution in [2.75, 3.05) is 20.6 Å². The van der Waals surface area contributed by atoms with E-state index in [9.17, 15) is 9.18 Å². The van der Waals surface area contributed by atoms with Crippen molar-refractivity contribution < 1.29 is 9.18 Å². The van der Waals surface area contributed by atoms with Crippen molar-refractivity contribution >= 4 is 5.91 Å². The molecule has 0 saturated heterocycles. The fourth-order valence-corrected chi connectivity index (χ4v) is 2.74. The third-order valence-corrected chi connectivity index (χ3v) is 4.07. The number of nitrogens with one attached hydrogen (secondary N) is 1. The van der Waals surface area contributed by atoms with E-state index < -0.39 is 0 Å². The minimum atomic E-state index is -0.259. The van der Waals surface area contributed by atoms with Crippen LogP contribution in [0.4, 0.5) is 4.39 Å². The van der Waals surface area contributed by atoms with Gasteiger partial charge in [0.2, 0.25) is 5.91 Å². The average Bonchev–Trinajstić information content (AvgIpc) is 2.53. The van der Waals surface area contributed by atoms with Crippen molar-refractivity contribution in [1.29, 1.82) is 0 Å². The molecule has 4 heteroatoms. The van der Waals surface area contributed by atoms with Gasteiger partial charge in [-0.15, -0.1) is 0 Å². The summed E-state index contributed by atoms with van der Waals surface area (Å²) < 4.78 is 13.4. The highest BCUT2D eigenvalue weighted by atomic mass is 19.1. The number of benzene rings is 2. The number of amides is 1. The van der Waals surface area contributed by atoms with Crippen LogP contribution in [0.15, 0.2) is 48.5 Å². The Kier molecular flexibility index (Phi) is 6.50. The van der Waals surface area contributed by atoms with E-state index in [0.29, 0.717) is 13.0 Å². The van der Waals surface area contributed by atoms with Gasteiger partial charge >= 0.3 is 0 Å². The Morgan fingerprint density at radius 3 is 2.58 bits per heavy atom. The van der Waals surface area contributed by atoms with Crippen LogP contribution in [0.2, 0.25) is 0 Å². The Balaban J connectivity index is 1.88. The number of carbonyl (C=O) groups excluding carboxylic acids is 1. The van der Waals surface area contributed by atoms with E-state index in [1.54, 1.807) is 6.07 Å². The molecule has 24 heavy (non-hydrogen) atoms. The number of rotatable bonds is 7. The molecule has 0 aromatic heterocycles. The summed E-state index contributed by atoms with van der Waals surface area (Å²) in [5.74, 6) is -0.245. The van der Waals surface area contributed by atoms with Gasteiger partial charge in [-0.3, -0.25) is 4.79 Å². The highest BCUT2D eigenvalue weighted by Crippen LogP contribution is 2.18. The number of hydrogen-bond donors (Lipinski definition) is 1. The Hall–Kier alpha value is -2.20. The van der Waals surface area contributed by atoms with E-state index in [2.05, 4.69) is 11.4 Å². The number of carbonyl (C=O) groups is 1. The molecule has 1 unspecified atom stereocenters. The third kappa shape index (κ3) is 5.46. The van der Waals surface area contributed by atoms with Crippen LogP contribution in [0.5, 0.6) is 0 Å². The monoisotopic (exact) mass is 328 g/mol. The third-order valence-electron chi connectivity index (χ3n) is 4.07. The highest BCUT2D eigenvalue weighted by molar-refractivity contribution is 5.76. The summed E-state index contributed by atoms with van der Waals surface area (Å²) in [4.78, 5) is 14.1. The van der Waals surface area contributed by atoms with Crippen molar-refractivity contribution in [1.82, 2.24) is 10.2 Å². The smallest absolute Gasteiger partial charge is 0.220 e. The average molecular weight is 328 g/mol. The van der Waals surface area contributed by atoms with Gasteiger partial charge in [-0.25, -0.2) is 4.39 Å². The molecule has 0 heterocycles. The molecular formula is C20H25FN2O. The molecule has 2 aromatic carbocycles. The summed E-state index contributed by atoms with van der Waals surface area (Å²) in [7, 11) is 3.85. The number of halogens is 1. The molecule has 3 nitrogen and oxygen atoms in total. The van der Waals surface area contributed by atoms with E-state index in [-0.39, 0.29) is 17.8 Å². The quantitative estimate of drug-likeness (QED) is 0.844. The first kappa shape index (κ1) is 18.1. The van der Waals surface area contributed by atoms with Gasteiger partial charge in [-0.1, -0.05) is 42.0 Å². The highest BCUT2D eigenvalue weighted by Gasteiger charge is 2.15. The zero-order valence-corrected chi connectivity index (χ0v) is 14.6. The number of nitrogens with zero attached hydrogens (tertiary/aromatic N) is 1. The zero-order chi connectivity index (χ0) is 17.5. The second kappa shape index (κ2) is 8.60. The van der Waals surface area contributed by atoms with Crippen molar-refractivity contribution in [3.63, 3.8) is 0 Å². The van der Waals surface area contributed by atoms with Gasteiger partial charge in [0.05, 0.1) is 6.04 Å². The number of likely N-dealkylation sites (N-methyl/N-ethyl adjacent to an activating group) is 1. The molecule has 0 aliphatic heterocycles. The standard InChI is InChI=1S/C20H25FN2O/c1-15-6-4-7-16(12-15)10-11-20(24)22-14-19(23(2)3)17-8-5-9-18(21)13-17/h4-9,12-13,19H,10-11,14H2,1-3H3,(H,22,24). The van der Waals surface area contributed by atoms with Gasteiger partial charge in [-0.2, -0.15) is 0 Å². The maximum absolute atomic E-state index is 13.4. The van der Waals surface area contributed by atoms with Crippen LogP contribution in [0.25, 0.3) is 0 Å². The molecule has 2 rings (SSSR count). The summed E-state index contributed by atoms with van der Waals surface area (Å²) in [5.41, 5.74) is 3.23. The van der Waals surface area contributed by atoms with Crippen LogP contribution in [-0.4, -0.2) is 31.4 Å². The first-order valence-electron chi connectivity index (χ1n) is 8.20. The Bertz CT molecular complexity index is 685. The summed E-state index contributed by atoms with van der Waals surface area (Å²) in [6.07, 6.45) is 1.17. The van der Waals surface area contributed by atoms with Crippen molar-refractivity contribution in [3.8, 4) is 0 Å². The molecule has 2 aromatic rings. The molecule has 1 atom stereocenters. The topological polar surface area (TPSA) is 32.3 Å². The van der Waals surface area contributed by atoms with Gasteiger partial charge in [0.1, 0.15) is 5.82 Å². The molecule has 1 amide bonds. The fourth-order valence-electron chi connectivity index (χ4n) is 2.74. The summed E-state index contributed by atoms with van der Waals surface area (Å²) in [6, 6.07) is 14.7. The molecule has 0 bridgehead atoms. The molecule has 0 aliphatic rings. The van der Waals surface area contributed by atoms with Crippen LogP contribution in [-0.2, 0) is 11.2 Å². The Morgan fingerprint density at radius 1 is 1.17 bits per heavy atom. The maximum Gasteiger partial charge on any atom is 0.220 e. The van der Waals surface area contributed by atoms with Crippen molar-refractivity contribution in [2.45, 2.75) is 25.8 Å². The maximum atomic E-state index is 13.4. The molecule has 0 spiro atoms. The van der Waals surface area contributed by atoms with Crippen LogP contribution in [0, 0.1) is 12.7 Å². The minimum absolute atomic E-state index is 0.0137. The first-order chi connectivity index (χ1) is 11.5. The second-order valence-corrected chi connectivity index (χ2v) is 6.33. The second-order valence-electron chi connectivity index (χ2n) is 6.33. The molecule has 0 fully saturated rings. The zero-order valence-electron chi connectivity index (χ0n) is 14.6. The lowest BCUT2D eigenvalue weighted by atomic mass is 10.1. The molecule has 0 saturated carbocycles. The Morgan fingerprint density at radius 2 is 1.92 bits per heavy atom. The predicted octanol–water partition coefficient (Wildman–Crippen LogP) is 3.49. The largest absolute Gasteiger partial charge is 0.354 e. The van der Waals surface area contributed by atoms with E-state index >= 15 is 0 Å². The number of aryl methyl sites for hydroxylation is 2. The first-order valence-corrected chi connectivity index (χ1v) is 8.20. The van der Waals surface area contributed by atoms with E-state index in [1.165, 1.54) is 23.3 Å².